The van der Waals surface area contributed by atoms with Crippen molar-refractivity contribution in [2.24, 2.45) is 0 Å². The molecule has 26 heavy (non-hydrogen) atoms. The third-order valence-corrected chi connectivity index (χ3v) is 5.31. The van der Waals surface area contributed by atoms with Crippen molar-refractivity contribution in [2.45, 2.75) is 45.7 Å². The number of thiocarbonyl (C=S) groups is 1. The highest BCUT2D eigenvalue weighted by Gasteiger charge is 2.23. The summed E-state index contributed by atoms with van der Waals surface area (Å²) in [5.41, 5.74) is 5.21. The van der Waals surface area contributed by atoms with Crippen molar-refractivity contribution in [3.63, 3.8) is 0 Å². The molecule has 0 aromatic heterocycles. The molecular formula is C22H29N3S. The van der Waals surface area contributed by atoms with Gasteiger partial charge in [0, 0.05) is 31.4 Å². The smallest absolute Gasteiger partial charge is 0.171 e. The second-order valence-electron chi connectivity index (χ2n) is 6.96. The number of likely N-dealkylation sites (tertiary alicyclic amines) is 1. The number of para-hydroxylation sites is 1. The van der Waals surface area contributed by atoms with Crippen LogP contribution in [0.1, 0.15) is 37.0 Å². The molecule has 0 radical (unpaired) electrons. The third kappa shape index (κ3) is 4.83. The second kappa shape index (κ2) is 9.15. The van der Waals surface area contributed by atoms with Crippen molar-refractivity contribution in [3.05, 3.63) is 65.2 Å². The van der Waals surface area contributed by atoms with E-state index in [1.165, 1.54) is 22.4 Å². The predicted octanol–water partition coefficient (Wildman–Crippen LogP) is 4.37. The van der Waals surface area contributed by atoms with Gasteiger partial charge in [-0.05, 0) is 48.2 Å². The molecule has 0 saturated carbocycles. The van der Waals surface area contributed by atoms with Crippen LogP contribution >= 0.6 is 12.2 Å². The summed E-state index contributed by atoms with van der Waals surface area (Å²) in [6.07, 6.45) is 3.14. The highest BCUT2D eigenvalue weighted by molar-refractivity contribution is 7.80. The van der Waals surface area contributed by atoms with E-state index in [4.69, 9.17) is 12.2 Å². The van der Waals surface area contributed by atoms with Crippen molar-refractivity contribution in [3.8, 4) is 0 Å². The van der Waals surface area contributed by atoms with Crippen LogP contribution in [-0.4, -0.2) is 29.1 Å². The molecule has 138 valence electrons. The molecule has 1 unspecified atom stereocenters. The van der Waals surface area contributed by atoms with Crippen LogP contribution in [0.25, 0.3) is 0 Å². The highest BCUT2D eigenvalue weighted by Crippen LogP contribution is 2.22. The van der Waals surface area contributed by atoms with Crippen molar-refractivity contribution >= 4 is 23.0 Å². The van der Waals surface area contributed by atoms with E-state index in [2.05, 4.69) is 77.9 Å². The number of hydrogen-bond acceptors (Lipinski definition) is 2. The summed E-state index contributed by atoms with van der Waals surface area (Å²) in [6.45, 7) is 7.54. The number of nitrogens with zero attached hydrogens (tertiary/aromatic N) is 1. The van der Waals surface area contributed by atoms with Gasteiger partial charge in [0.25, 0.3) is 0 Å². The van der Waals surface area contributed by atoms with Crippen LogP contribution in [0.3, 0.4) is 0 Å². The number of anilines is 1. The maximum atomic E-state index is 5.62. The second-order valence-corrected chi connectivity index (χ2v) is 7.37. The Morgan fingerprint density at radius 1 is 1.04 bits per heavy atom. The van der Waals surface area contributed by atoms with Gasteiger partial charge < -0.3 is 10.6 Å². The van der Waals surface area contributed by atoms with Crippen LogP contribution < -0.4 is 10.6 Å². The van der Waals surface area contributed by atoms with Gasteiger partial charge in [0.05, 0.1) is 0 Å². The summed E-state index contributed by atoms with van der Waals surface area (Å²) >= 11 is 5.62. The lowest BCUT2D eigenvalue weighted by Gasteiger charge is -2.20. The molecule has 1 heterocycles. The van der Waals surface area contributed by atoms with Crippen molar-refractivity contribution in [1.82, 2.24) is 10.2 Å². The van der Waals surface area contributed by atoms with Crippen LogP contribution in [0.2, 0.25) is 0 Å². The van der Waals surface area contributed by atoms with E-state index in [9.17, 15) is 0 Å². The molecule has 1 atom stereocenters. The van der Waals surface area contributed by atoms with E-state index >= 15 is 0 Å². The Hall–Kier alpha value is -1.91. The van der Waals surface area contributed by atoms with E-state index in [0.29, 0.717) is 6.04 Å². The Bertz CT molecular complexity index is 707. The standard InChI is InChI=1S/C22H29N3S/c1-3-18-11-8-12-19(4-2)21(18)24-22(26)23-20-13-14-25(16-20)15-17-9-6-5-7-10-17/h5-12,20H,3-4,13-16H2,1-2H3,(H2,23,24,26). The van der Waals surface area contributed by atoms with Gasteiger partial charge in [-0.15, -0.1) is 0 Å². The minimum absolute atomic E-state index is 0.414. The lowest BCUT2D eigenvalue weighted by Crippen LogP contribution is -2.39. The minimum Gasteiger partial charge on any atom is -0.358 e. The Kier molecular flexibility index (Phi) is 6.64. The first-order valence-electron chi connectivity index (χ1n) is 9.64. The molecule has 1 aliphatic rings. The Morgan fingerprint density at radius 3 is 2.38 bits per heavy atom. The fourth-order valence-electron chi connectivity index (χ4n) is 3.67. The zero-order valence-electron chi connectivity index (χ0n) is 15.8. The van der Waals surface area contributed by atoms with Gasteiger partial charge in [0.1, 0.15) is 0 Å². The van der Waals surface area contributed by atoms with Gasteiger partial charge in [-0.1, -0.05) is 62.4 Å². The molecule has 2 aromatic carbocycles. The average Bonchev–Trinajstić information content (AvgIpc) is 3.09. The fraction of sp³-hybridized carbons (Fsp3) is 0.409. The third-order valence-electron chi connectivity index (χ3n) is 5.09. The topological polar surface area (TPSA) is 27.3 Å². The quantitative estimate of drug-likeness (QED) is 0.741. The molecule has 3 rings (SSSR count). The zero-order valence-corrected chi connectivity index (χ0v) is 16.6. The van der Waals surface area contributed by atoms with Gasteiger partial charge in [-0.2, -0.15) is 0 Å². The number of aryl methyl sites for hydroxylation is 2. The Labute approximate surface area is 162 Å². The molecule has 0 bridgehead atoms. The summed E-state index contributed by atoms with van der Waals surface area (Å²) in [5, 5.41) is 7.74. The zero-order chi connectivity index (χ0) is 18.4. The van der Waals surface area contributed by atoms with Crippen LogP contribution in [-0.2, 0) is 19.4 Å². The van der Waals surface area contributed by atoms with Crippen LogP contribution in [0.5, 0.6) is 0 Å². The van der Waals surface area contributed by atoms with E-state index < -0.39 is 0 Å². The van der Waals surface area contributed by atoms with Crippen molar-refractivity contribution in [2.75, 3.05) is 18.4 Å². The molecule has 1 aliphatic heterocycles. The number of nitrogens with one attached hydrogen (secondary N) is 2. The SMILES string of the molecule is CCc1cccc(CC)c1NC(=S)NC1CCN(Cc2ccccc2)C1. The molecular weight excluding hydrogens is 338 g/mol. The lowest BCUT2D eigenvalue weighted by molar-refractivity contribution is 0.324. The summed E-state index contributed by atoms with van der Waals surface area (Å²) in [5.74, 6) is 0. The summed E-state index contributed by atoms with van der Waals surface area (Å²) in [6, 6.07) is 17.6. The number of hydrogen-bond donors (Lipinski definition) is 2. The molecule has 0 aliphatic carbocycles. The van der Waals surface area contributed by atoms with Crippen LogP contribution in [0, 0.1) is 0 Å². The summed E-state index contributed by atoms with van der Waals surface area (Å²) in [7, 11) is 0. The van der Waals surface area contributed by atoms with Gasteiger partial charge >= 0.3 is 0 Å². The van der Waals surface area contributed by atoms with Crippen molar-refractivity contribution < 1.29 is 0 Å². The van der Waals surface area contributed by atoms with E-state index in [1.54, 1.807) is 0 Å². The number of benzene rings is 2. The normalized spacial score (nSPS) is 17.2. The van der Waals surface area contributed by atoms with Crippen LogP contribution in [0.4, 0.5) is 5.69 Å². The van der Waals surface area contributed by atoms with Gasteiger partial charge in [-0.25, -0.2) is 0 Å². The summed E-state index contributed by atoms with van der Waals surface area (Å²) in [4.78, 5) is 2.49. The first-order valence-corrected chi connectivity index (χ1v) is 10.0. The van der Waals surface area contributed by atoms with Crippen LogP contribution in [0.15, 0.2) is 48.5 Å². The minimum atomic E-state index is 0.414. The maximum Gasteiger partial charge on any atom is 0.171 e. The molecule has 1 saturated heterocycles. The molecule has 3 nitrogen and oxygen atoms in total. The first-order chi connectivity index (χ1) is 12.7. The summed E-state index contributed by atoms with van der Waals surface area (Å²) < 4.78 is 0. The molecule has 0 spiro atoms. The maximum absolute atomic E-state index is 5.62. The average molecular weight is 368 g/mol. The molecule has 0 amide bonds. The van der Waals surface area contributed by atoms with Gasteiger partial charge in [0.15, 0.2) is 5.11 Å². The van der Waals surface area contributed by atoms with E-state index in [1.807, 2.05) is 0 Å². The molecule has 4 heteroatoms. The lowest BCUT2D eigenvalue weighted by atomic mass is 10.0. The van der Waals surface area contributed by atoms with Crippen molar-refractivity contribution in [1.29, 1.82) is 0 Å². The highest BCUT2D eigenvalue weighted by atomic mass is 32.1. The molecule has 1 fully saturated rings. The van der Waals surface area contributed by atoms with E-state index in [0.717, 1.165) is 44.0 Å². The van der Waals surface area contributed by atoms with E-state index in [-0.39, 0.29) is 0 Å². The predicted molar refractivity (Wildman–Crippen MR) is 115 cm³/mol. The monoisotopic (exact) mass is 367 g/mol. The Morgan fingerprint density at radius 2 is 1.73 bits per heavy atom. The molecule has 2 aromatic rings. The largest absolute Gasteiger partial charge is 0.358 e. The fourth-order valence-corrected chi connectivity index (χ4v) is 3.94. The Balaban J connectivity index is 1.55. The molecule has 2 N–H and O–H groups in total. The first kappa shape index (κ1) is 18.9. The van der Waals surface area contributed by atoms with Gasteiger partial charge in [0.2, 0.25) is 0 Å². The number of rotatable bonds is 6. The van der Waals surface area contributed by atoms with Gasteiger partial charge in [-0.3, -0.25) is 4.90 Å².